The molecule has 1 aromatic heterocycles. The summed E-state index contributed by atoms with van der Waals surface area (Å²) in [7, 11) is 0. The molecule has 2 aliphatic heterocycles. The smallest absolute Gasteiger partial charge is 0.234 e. The van der Waals surface area contributed by atoms with Crippen LogP contribution in [0.4, 0.5) is 0 Å². The maximum Gasteiger partial charge on any atom is 0.234 e. The molecular formula is C23H34N4O2. The molecule has 0 bridgehead atoms. The summed E-state index contributed by atoms with van der Waals surface area (Å²) in [5, 5.41) is 4.50. The molecule has 0 radical (unpaired) electrons. The lowest BCUT2D eigenvalue weighted by molar-refractivity contribution is -0.123. The van der Waals surface area contributed by atoms with Crippen LogP contribution in [0.3, 0.4) is 0 Å². The number of aromatic amines is 1. The van der Waals surface area contributed by atoms with E-state index < -0.39 is 0 Å². The average molecular weight is 399 g/mol. The van der Waals surface area contributed by atoms with Gasteiger partial charge in [0, 0.05) is 42.3 Å². The highest BCUT2D eigenvalue weighted by Gasteiger charge is 2.29. The molecule has 0 unspecified atom stereocenters. The van der Waals surface area contributed by atoms with Crippen LogP contribution in [0.15, 0.2) is 30.5 Å². The summed E-state index contributed by atoms with van der Waals surface area (Å²) in [5.74, 6) is 0.711. The number of fused-ring (bicyclic) bond motifs is 1. The van der Waals surface area contributed by atoms with Gasteiger partial charge >= 0.3 is 0 Å². The zero-order valence-corrected chi connectivity index (χ0v) is 17.7. The van der Waals surface area contributed by atoms with E-state index in [0.29, 0.717) is 19.0 Å². The summed E-state index contributed by atoms with van der Waals surface area (Å²) in [5.41, 5.74) is 2.60. The van der Waals surface area contributed by atoms with E-state index >= 15 is 0 Å². The molecule has 2 aliphatic rings. The molecule has 6 nitrogen and oxygen atoms in total. The van der Waals surface area contributed by atoms with Crippen LogP contribution < -0.4 is 5.32 Å². The first-order valence-corrected chi connectivity index (χ1v) is 10.9. The zero-order chi connectivity index (χ0) is 20.3. The van der Waals surface area contributed by atoms with E-state index in [4.69, 9.17) is 4.74 Å². The molecule has 2 fully saturated rings. The van der Waals surface area contributed by atoms with Crippen molar-refractivity contribution in [1.82, 2.24) is 20.1 Å². The minimum atomic E-state index is -0.0399. The topological polar surface area (TPSA) is 60.6 Å². The number of morpholine rings is 1. The van der Waals surface area contributed by atoms with Gasteiger partial charge in [0.05, 0.1) is 19.8 Å². The number of H-pyrrole nitrogens is 1. The molecule has 0 spiro atoms. The third-order valence-corrected chi connectivity index (χ3v) is 6.60. The quantitative estimate of drug-likeness (QED) is 0.785. The van der Waals surface area contributed by atoms with Gasteiger partial charge in [0.2, 0.25) is 5.91 Å². The van der Waals surface area contributed by atoms with Crippen molar-refractivity contribution in [2.75, 3.05) is 52.5 Å². The van der Waals surface area contributed by atoms with Crippen LogP contribution in [0.25, 0.3) is 10.9 Å². The second-order valence-corrected chi connectivity index (χ2v) is 9.03. The molecule has 0 saturated carbocycles. The third-order valence-electron chi connectivity index (χ3n) is 6.60. The molecule has 158 valence electrons. The fraction of sp³-hybridized carbons (Fsp3) is 0.609. The van der Waals surface area contributed by atoms with Crippen LogP contribution in [0.2, 0.25) is 0 Å². The van der Waals surface area contributed by atoms with E-state index in [9.17, 15) is 4.79 Å². The Labute approximate surface area is 173 Å². The molecule has 1 aromatic carbocycles. The fourth-order valence-electron chi connectivity index (χ4n) is 4.69. The SMILES string of the molecule is CC(C)(CNC(=O)CN1CCC(c2c[nH]c3ccccc23)CC1)N1CCOCC1. The molecule has 0 aliphatic carbocycles. The molecule has 29 heavy (non-hydrogen) atoms. The first-order chi connectivity index (χ1) is 14.0. The van der Waals surface area contributed by atoms with Crippen LogP contribution in [0.1, 0.15) is 38.2 Å². The van der Waals surface area contributed by atoms with Gasteiger partial charge in [-0.2, -0.15) is 0 Å². The number of nitrogens with one attached hydrogen (secondary N) is 2. The highest BCUT2D eigenvalue weighted by molar-refractivity contribution is 5.83. The number of para-hydroxylation sites is 1. The Morgan fingerprint density at radius 3 is 2.66 bits per heavy atom. The number of piperidine rings is 1. The predicted octanol–water partition coefficient (Wildman–Crippen LogP) is 2.57. The second-order valence-electron chi connectivity index (χ2n) is 9.03. The summed E-state index contributed by atoms with van der Waals surface area (Å²) in [6, 6.07) is 8.52. The number of hydrogen-bond donors (Lipinski definition) is 2. The van der Waals surface area contributed by atoms with E-state index in [1.807, 2.05) is 0 Å². The number of carbonyl (C=O) groups is 1. The molecule has 3 heterocycles. The largest absolute Gasteiger partial charge is 0.379 e. The fourth-order valence-corrected chi connectivity index (χ4v) is 4.69. The van der Waals surface area contributed by atoms with Gasteiger partial charge in [-0.25, -0.2) is 0 Å². The number of carbonyl (C=O) groups excluding carboxylic acids is 1. The molecule has 1 amide bonds. The zero-order valence-electron chi connectivity index (χ0n) is 17.7. The number of hydrogen-bond acceptors (Lipinski definition) is 4. The van der Waals surface area contributed by atoms with E-state index in [-0.39, 0.29) is 11.4 Å². The third kappa shape index (κ3) is 4.82. The van der Waals surface area contributed by atoms with E-state index in [1.54, 1.807) is 0 Å². The van der Waals surface area contributed by atoms with Crippen molar-refractivity contribution >= 4 is 16.8 Å². The lowest BCUT2D eigenvalue weighted by Gasteiger charge is -2.41. The maximum atomic E-state index is 12.5. The maximum absolute atomic E-state index is 12.5. The minimum Gasteiger partial charge on any atom is -0.379 e. The summed E-state index contributed by atoms with van der Waals surface area (Å²) < 4.78 is 5.44. The van der Waals surface area contributed by atoms with Gasteiger partial charge in [0.15, 0.2) is 0 Å². The van der Waals surface area contributed by atoms with Gasteiger partial charge in [-0.1, -0.05) is 18.2 Å². The standard InChI is InChI=1S/C23H34N4O2/c1-23(2,27-11-13-29-14-12-27)17-25-22(28)16-26-9-7-18(8-10-26)20-15-24-21-6-4-3-5-19(20)21/h3-6,15,18,24H,7-14,16-17H2,1-2H3,(H,25,28). The van der Waals surface area contributed by atoms with Crippen LogP contribution in [0.5, 0.6) is 0 Å². The van der Waals surface area contributed by atoms with E-state index in [1.165, 1.54) is 16.5 Å². The van der Waals surface area contributed by atoms with Crippen molar-refractivity contribution in [3.8, 4) is 0 Å². The minimum absolute atomic E-state index is 0.0399. The number of likely N-dealkylation sites (tertiary alicyclic amines) is 1. The Bertz CT molecular complexity index is 817. The van der Waals surface area contributed by atoms with Crippen LogP contribution in [0, 0.1) is 0 Å². The summed E-state index contributed by atoms with van der Waals surface area (Å²) in [6.45, 7) is 11.0. The molecule has 2 saturated heterocycles. The Morgan fingerprint density at radius 2 is 1.90 bits per heavy atom. The highest BCUT2D eigenvalue weighted by Crippen LogP contribution is 2.32. The van der Waals surface area contributed by atoms with Gasteiger partial charge in [-0.05, 0) is 57.3 Å². The number of ether oxygens (including phenoxy) is 1. The Hall–Kier alpha value is -1.89. The number of aromatic nitrogens is 1. The van der Waals surface area contributed by atoms with Crippen LogP contribution in [-0.4, -0.2) is 78.7 Å². The Balaban J connectivity index is 1.23. The van der Waals surface area contributed by atoms with Crippen molar-refractivity contribution in [2.24, 2.45) is 0 Å². The molecule has 4 rings (SSSR count). The normalized spacial score (nSPS) is 20.2. The Morgan fingerprint density at radius 1 is 1.17 bits per heavy atom. The van der Waals surface area contributed by atoms with Crippen molar-refractivity contribution in [3.05, 3.63) is 36.0 Å². The summed E-state index contributed by atoms with van der Waals surface area (Å²) in [4.78, 5) is 20.6. The van der Waals surface area contributed by atoms with Crippen molar-refractivity contribution in [3.63, 3.8) is 0 Å². The van der Waals surface area contributed by atoms with Gasteiger partial charge in [0.25, 0.3) is 0 Å². The summed E-state index contributed by atoms with van der Waals surface area (Å²) in [6.07, 6.45) is 4.38. The van der Waals surface area contributed by atoms with Gasteiger partial charge in [-0.15, -0.1) is 0 Å². The first kappa shape index (κ1) is 20.4. The van der Waals surface area contributed by atoms with Crippen molar-refractivity contribution in [2.45, 2.75) is 38.1 Å². The van der Waals surface area contributed by atoms with Crippen LogP contribution in [-0.2, 0) is 9.53 Å². The number of benzene rings is 1. The Kier molecular flexibility index (Phi) is 6.23. The number of rotatable bonds is 6. The molecular weight excluding hydrogens is 364 g/mol. The number of amides is 1. The molecule has 6 heteroatoms. The van der Waals surface area contributed by atoms with Crippen LogP contribution >= 0.6 is 0 Å². The van der Waals surface area contributed by atoms with E-state index in [2.05, 4.69) is 64.4 Å². The van der Waals surface area contributed by atoms with Gasteiger partial charge in [-0.3, -0.25) is 14.6 Å². The first-order valence-electron chi connectivity index (χ1n) is 10.9. The molecule has 2 aromatic rings. The molecule has 2 N–H and O–H groups in total. The van der Waals surface area contributed by atoms with E-state index in [0.717, 1.165) is 52.2 Å². The lowest BCUT2D eigenvalue weighted by Crippen LogP contribution is -2.56. The van der Waals surface area contributed by atoms with Crippen molar-refractivity contribution in [1.29, 1.82) is 0 Å². The van der Waals surface area contributed by atoms with Crippen molar-refractivity contribution < 1.29 is 9.53 Å². The average Bonchev–Trinajstić information content (AvgIpc) is 3.18. The predicted molar refractivity (Wildman–Crippen MR) is 116 cm³/mol. The monoisotopic (exact) mass is 398 g/mol. The second kappa shape index (κ2) is 8.86. The van der Waals surface area contributed by atoms with Gasteiger partial charge < -0.3 is 15.0 Å². The summed E-state index contributed by atoms with van der Waals surface area (Å²) >= 11 is 0. The lowest BCUT2D eigenvalue weighted by atomic mass is 9.89. The molecule has 0 atom stereocenters. The number of nitrogens with zero attached hydrogens (tertiary/aromatic N) is 2. The highest BCUT2D eigenvalue weighted by atomic mass is 16.5. The van der Waals surface area contributed by atoms with Gasteiger partial charge in [0.1, 0.15) is 0 Å².